The number of amides is 2. The van der Waals surface area contributed by atoms with Crippen LogP contribution in [0.25, 0.3) is 10.2 Å². The monoisotopic (exact) mass is 416 g/mol. The van der Waals surface area contributed by atoms with Crippen molar-refractivity contribution in [2.24, 2.45) is 0 Å². The van der Waals surface area contributed by atoms with Crippen molar-refractivity contribution in [2.45, 2.75) is 19.8 Å². The minimum atomic E-state index is -0.433. The number of benzene rings is 2. The van der Waals surface area contributed by atoms with E-state index in [1.165, 1.54) is 35.6 Å². The molecule has 0 aliphatic rings. The van der Waals surface area contributed by atoms with Crippen molar-refractivity contribution in [2.75, 3.05) is 10.6 Å². The Morgan fingerprint density at radius 3 is 2.61 bits per heavy atom. The van der Waals surface area contributed by atoms with Gasteiger partial charge < -0.3 is 10.6 Å². The van der Waals surface area contributed by atoms with E-state index in [4.69, 9.17) is 12.2 Å². The van der Waals surface area contributed by atoms with Crippen molar-refractivity contribution >= 4 is 61.5 Å². The number of fused-ring (bicyclic) bond motifs is 1. The second-order valence-electron chi connectivity index (χ2n) is 5.91. The highest BCUT2D eigenvalue weighted by molar-refractivity contribution is 7.80. The van der Waals surface area contributed by atoms with Gasteiger partial charge in [-0.05, 0) is 61.1 Å². The number of carbonyl (C=O) groups excluding carboxylic acids is 2. The van der Waals surface area contributed by atoms with Crippen LogP contribution < -0.4 is 16.0 Å². The van der Waals surface area contributed by atoms with Crippen LogP contribution in [0.1, 0.15) is 30.1 Å². The molecule has 28 heavy (non-hydrogen) atoms. The van der Waals surface area contributed by atoms with Gasteiger partial charge in [0.05, 0.1) is 10.2 Å². The molecule has 2 amide bonds. The molecule has 144 valence electrons. The molecule has 6 nitrogen and oxygen atoms in total. The van der Waals surface area contributed by atoms with Gasteiger partial charge in [0.1, 0.15) is 5.82 Å². The van der Waals surface area contributed by atoms with Crippen molar-refractivity contribution in [3.63, 3.8) is 0 Å². The number of thiocarbonyl (C=S) groups is 1. The molecule has 1 heterocycles. The number of nitrogens with zero attached hydrogens (tertiary/aromatic N) is 1. The van der Waals surface area contributed by atoms with E-state index in [-0.39, 0.29) is 11.0 Å². The second kappa shape index (κ2) is 8.85. The van der Waals surface area contributed by atoms with Gasteiger partial charge in [0.25, 0.3) is 5.91 Å². The Balaban J connectivity index is 1.64. The fraction of sp³-hybridized carbons (Fsp3) is 0.158. The maximum Gasteiger partial charge on any atom is 0.257 e. The molecule has 0 spiro atoms. The fourth-order valence-corrected chi connectivity index (χ4v) is 3.54. The highest BCUT2D eigenvalue weighted by Gasteiger charge is 2.10. The van der Waals surface area contributed by atoms with E-state index in [1.807, 2.05) is 13.0 Å². The van der Waals surface area contributed by atoms with Crippen LogP contribution in [-0.2, 0) is 4.79 Å². The normalized spacial score (nSPS) is 10.5. The molecule has 0 aliphatic carbocycles. The lowest BCUT2D eigenvalue weighted by Crippen LogP contribution is -2.34. The van der Waals surface area contributed by atoms with Gasteiger partial charge >= 0.3 is 0 Å². The average molecular weight is 417 g/mol. The summed E-state index contributed by atoms with van der Waals surface area (Å²) < 4.78 is 13.8. The summed E-state index contributed by atoms with van der Waals surface area (Å²) in [4.78, 5) is 28.2. The van der Waals surface area contributed by atoms with Crippen LogP contribution in [-0.4, -0.2) is 21.9 Å². The SMILES string of the molecule is CCCC(=O)Nc1nc2ccc(NC(=S)NC(=O)c3ccc(F)cc3)cc2s1. The highest BCUT2D eigenvalue weighted by Crippen LogP contribution is 2.28. The molecular weight excluding hydrogens is 399 g/mol. The van der Waals surface area contributed by atoms with Crippen LogP contribution in [0.15, 0.2) is 42.5 Å². The Labute approximate surface area is 170 Å². The first kappa shape index (κ1) is 19.8. The zero-order valence-electron chi connectivity index (χ0n) is 14.9. The third-order valence-electron chi connectivity index (χ3n) is 3.70. The van der Waals surface area contributed by atoms with Gasteiger partial charge in [-0.1, -0.05) is 18.3 Å². The third-order valence-corrected chi connectivity index (χ3v) is 4.84. The summed E-state index contributed by atoms with van der Waals surface area (Å²) in [7, 11) is 0. The van der Waals surface area contributed by atoms with Gasteiger partial charge in [-0.3, -0.25) is 14.9 Å². The zero-order valence-corrected chi connectivity index (χ0v) is 16.5. The molecule has 2 aromatic carbocycles. The molecule has 0 atom stereocenters. The van der Waals surface area contributed by atoms with Crippen molar-refractivity contribution in [1.82, 2.24) is 10.3 Å². The molecular formula is C19H17FN4O2S2. The molecule has 0 saturated carbocycles. The summed E-state index contributed by atoms with van der Waals surface area (Å²) in [5.41, 5.74) is 1.73. The van der Waals surface area contributed by atoms with Gasteiger partial charge in [-0.25, -0.2) is 9.37 Å². The number of aromatic nitrogens is 1. The van der Waals surface area contributed by atoms with Crippen molar-refractivity contribution in [3.05, 3.63) is 53.8 Å². The molecule has 3 rings (SSSR count). The number of thiazole rings is 1. The largest absolute Gasteiger partial charge is 0.332 e. The van der Waals surface area contributed by atoms with Crippen molar-refractivity contribution < 1.29 is 14.0 Å². The number of halogens is 1. The van der Waals surface area contributed by atoms with E-state index >= 15 is 0 Å². The van der Waals surface area contributed by atoms with E-state index in [1.54, 1.807) is 12.1 Å². The maximum atomic E-state index is 12.9. The summed E-state index contributed by atoms with van der Waals surface area (Å²) in [6, 6.07) is 10.6. The molecule has 3 aromatic rings. The molecule has 0 radical (unpaired) electrons. The second-order valence-corrected chi connectivity index (χ2v) is 7.35. The van der Waals surface area contributed by atoms with Gasteiger partial charge in [0.2, 0.25) is 5.91 Å². The van der Waals surface area contributed by atoms with E-state index in [9.17, 15) is 14.0 Å². The summed E-state index contributed by atoms with van der Waals surface area (Å²) >= 11 is 6.52. The summed E-state index contributed by atoms with van der Waals surface area (Å²) in [6.45, 7) is 1.94. The van der Waals surface area contributed by atoms with Crippen LogP contribution in [0.3, 0.4) is 0 Å². The molecule has 0 unspecified atom stereocenters. The Kier molecular flexibility index (Phi) is 6.27. The number of rotatable bonds is 5. The predicted molar refractivity (Wildman–Crippen MR) is 113 cm³/mol. The van der Waals surface area contributed by atoms with E-state index in [2.05, 4.69) is 20.9 Å². The summed E-state index contributed by atoms with van der Waals surface area (Å²) in [5, 5.41) is 8.92. The van der Waals surface area contributed by atoms with Crippen LogP contribution in [0.4, 0.5) is 15.2 Å². The third kappa shape index (κ3) is 5.08. The first-order valence-corrected chi connectivity index (χ1v) is 9.75. The van der Waals surface area contributed by atoms with E-state index < -0.39 is 11.7 Å². The van der Waals surface area contributed by atoms with Crippen LogP contribution in [0.5, 0.6) is 0 Å². The lowest BCUT2D eigenvalue weighted by Gasteiger charge is -2.09. The van der Waals surface area contributed by atoms with Crippen molar-refractivity contribution in [3.8, 4) is 0 Å². The highest BCUT2D eigenvalue weighted by atomic mass is 32.1. The minimum absolute atomic E-state index is 0.0652. The number of carbonyl (C=O) groups is 2. The molecule has 0 bridgehead atoms. The quantitative estimate of drug-likeness (QED) is 0.540. The Bertz CT molecular complexity index is 1030. The Morgan fingerprint density at radius 2 is 1.89 bits per heavy atom. The van der Waals surface area contributed by atoms with Gasteiger partial charge in [0, 0.05) is 17.7 Å². The topological polar surface area (TPSA) is 83.1 Å². The van der Waals surface area contributed by atoms with Crippen LogP contribution in [0, 0.1) is 5.82 Å². The van der Waals surface area contributed by atoms with Gasteiger partial charge in [-0.15, -0.1) is 0 Å². The lowest BCUT2D eigenvalue weighted by molar-refractivity contribution is -0.116. The average Bonchev–Trinajstić information content (AvgIpc) is 3.03. The molecule has 9 heteroatoms. The molecule has 0 aliphatic heterocycles. The Hall–Kier alpha value is -2.91. The van der Waals surface area contributed by atoms with Gasteiger partial charge in [0.15, 0.2) is 10.2 Å². The molecule has 0 fully saturated rings. The first-order valence-electron chi connectivity index (χ1n) is 8.53. The summed E-state index contributed by atoms with van der Waals surface area (Å²) in [6.07, 6.45) is 1.22. The molecule has 0 saturated heterocycles. The number of anilines is 2. The van der Waals surface area contributed by atoms with Crippen LogP contribution >= 0.6 is 23.6 Å². The van der Waals surface area contributed by atoms with E-state index in [0.29, 0.717) is 22.8 Å². The van der Waals surface area contributed by atoms with Crippen LogP contribution in [0.2, 0.25) is 0 Å². The Morgan fingerprint density at radius 1 is 1.14 bits per heavy atom. The standard InChI is InChI=1S/C19H17FN4O2S2/c1-2-3-16(25)23-19-22-14-9-8-13(10-15(14)28-19)21-18(27)24-17(26)11-4-6-12(20)7-5-11/h4-10H,2-3H2,1H3,(H,22,23,25)(H2,21,24,26,27). The summed E-state index contributed by atoms with van der Waals surface area (Å²) in [5.74, 6) is -0.915. The first-order chi connectivity index (χ1) is 13.4. The maximum absolute atomic E-state index is 12.9. The number of hydrogen-bond acceptors (Lipinski definition) is 5. The van der Waals surface area contributed by atoms with E-state index in [0.717, 1.165) is 16.6 Å². The number of hydrogen-bond donors (Lipinski definition) is 3. The smallest absolute Gasteiger partial charge is 0.257 e. The number of nitrogens with one attached hydrogen (secondary N) is 3. The molecule has 3 N–H and O–H groups in total. The van der Waals surface area contributed by atoms with Crippen molar-refractivity contribution in [1.29, 1.82) is 0 Å². The predicted octanol–water partition coefficient (Wildman–Crippen LogP) is 4.30. The lowest BCUT2D eigenvalue weighted by atomic mass is 10.2. The minimum Gasteiger partial charge on any atom is -0.332 e. The fourth-order valence-electron chi connectivity index (χ4n) is 2.40. The molecule has 1 aromatic heterocycles. The zero-order chi connectivity index (χ0) is 20.1. The van der Waals surface area contributed by atoms with Gasteiger partial charge in [-0.2, -0.15) is 0 Å².